The minimum atomic E-state index is -0.252. The fourth-order valence-corrected chi connectivity index (χ4v) is 3.10. The Hall–Kier alpha value is -1.61. The standard InChI is InChI=1S/C21H25BrO2/c1-20(2,3)16-11-14(12-17(19(16)24)21(4,5)6)18(23)13-8-7-9-15(22)10-13/h7-12,24H,1-6H3. The number of phenols is 1. The van der Waals surface area contributed by atoms with Crippen molar-refractivity contribution in [3.8, 4) is 5.75 Å². The van der Waals surface area contributed by atoms with Crippen molar-refractivity contribution >= 4 is 21.7 Å². The number of carbonyl (C=O) groups is 1. The van der Waals surface area contributed by atoms with Crippen LogP contribution in [0.5, 0.6) is 5.75 Å². The van der Waals surface area contributed by atoms with Crippen LogP contribution in [0.3, 0.4) is 0 Å². The van der Waals surface area contributed by atoms with Crippen LogP contribution < -0.4 is 0 Å². The predicted octanol–water partition coefficient (Wildman–Crippen LogP) is 5.98. The Morgan fingerprint density at radius 3 is 1.79 bits per heavy atom. The molecular weight excluding hydrogens is 364 g/mol. The van der Waals surface area contributed by atoms with E-state index >= 15 is 0 Å². The summed E-state index contributed by atoms with van der Waals surface area (Å²) in [7, 11) is 0. The number of benzene rings is 2. The Morgan fingerprint density at radius 2 is 1.38 bits per heavy atom. The quantitative estimate of drug-likeness (QED) is 0.642. The molecule has 0 spiro atoms. The fraction of sp³-hybridized carbons (Fsp3) is 0.381. The lowest BCUT2D eigenvalue weighted by molar-refractivity contribution is 0.103. The first-order valence-electron chi connectivity index (χ1n) is 8.09. The number of halogens is 1. The van der Waals surface area contributed by atoms with Gasteiger partial charge in [0, 0.05) is 26.7 Å². The van der Waals surface area contributed by atoms with E-state index in [1.165, 1.54) is 0 Å². The average Bonchev–Trinajstić information content (AvgIpc) is 2.44. The van der Waals surface area contributed by atoms with Gasteiger partial charge in [0.25, 0.3) is 0 Å². The zero-order valence-electron chi connectivity index (χ0n) is 15.2. The van der Waals surface area contributed by atoms with Gasteiger partial charge >= 0.3 is 0 Å². The van der Waals surface area contributed by atoms with E-state index in [1.54, 1.807) is 0 Å². The van der Waals surface area contributed by atoms with Crippen molar-refractivity contribution in [3.63, 3.8) is 0 Å². The van der Waals surface area contributed by atoms with Crippen molar-refractivity contribution in [1.29, 1.82) is 0 Å². The molecular formula is C21H25BrO2. The molecule has 0 aliphatic carbocycles. The van der Waals surface area contributed by atoms with Gasteiger partial charge in [0.2, 0.25) is 0 Å². The van der Waals surface area contributed by atoms with Crippen LogP contribution in [-0.4, -0.2) is 10.9 Å². The molecule has 0 unspecified atom stereocenters. The molecule has 0 fully saturated rings. The lowest BCUT2D eigenvalue weighted by atomic mass is 9.78. The van der Waals surface area contributed by atoms with Crippen LogP contribution in [0.1, 0.15) is 68.6 Å². The van der Waals surface area contributed by atoms with Crippen LogP contribution in [0.4, 0.5) is 0 Å². The fourth-order valence-electron chi connectivity index (χ4n) is 2.71. The summed E-state index contributed by atoms with van der Waals surface area (Å²) in [5, 5.41) is 10.8. The van der Waals surface area contributed by atoms with Crippen molar-refractivity contribution in [2.24, 2.45) is 0 Å². The van der Waals surface area contributed by atoms with E-state index < -0.39 is 0 Å². The molecule has 0 aliphatic heterocycles. The van der Waals surface area contributed by atoms with E-state index in [9.17, 15) is 9.90 Å². The van der Waals surface area contributed by atoms with Crippen LogP contribution in [0.25, 0.3) is 0 Å². The van der Waals surface area contributed by atoms with Crippen LogP contribution >= 0.6 is 15.9 Å². The molecule has 128 valence electrons. The Balaban J connectivity index is 2.69. The minimum Gasteiger partial charge on any atom is -0.507 e. The number of ketones is 1. The third-order valence-electron chi connectivity index (χ3n) is 4.07. The van der Waals surface area contributed by atoms with Crippen LogP contribution in [0.2, 0.25) is 0 Å². The van der Waals surface area contributed by atoms with Gasteiger partial charge in [-0.2, -0.15) is 0 Å². The third kappa shape index (κ3) is 3.89. The molecule has 1 N–H and O–H groups in total. The summed E-state index contributed by atoms with van der Waals surface area (Å²) in [6.07, 6.45) is 0. The summed E-state index contributed by atoms with van der Waals surface area (Å²) in [5.41, 5.74) is 2.34. The van der Waals surface area contributed by atoms with Gasteiger partial charge in [0.05, 0.1) is 0 Å². The first-order chi connectivity index (χ1) is 10.9. The number of hydrogen-bond donors (Lipinski definition) is 1. The van der Waals surface area contributed by atoms with Gasteiger partial charge in [-0.15, -0.1) is 0 Å². The highest BCUT2D eigenvalue weighted by atomic mass is 79.9. The topological polar surface area (TPSA) is 37.3 Å². The normalized spacial score (nSPS) is 12.3. The van der Waals surface area contributed by atoms with Crippen molar-refractivity contribution in [2.45, 2.75) is 52.4 Å². The van der Waals surface area contributed by atoms with Crippen molar-refractivity contribution in [1.82, 2.24) is 0 Å². The molecule has 0 atom stereocenters. The van der Waals surface area contributed by atoms with E-state index in [0.717, 1.165) is 15.6 Å². The lowest BCUT2D eigenvalue weighted by Crippen LogP contribution is -2.19. The second kappa shape index (κ2) is 6.36. The first-order valence-corrected chi connectivity index (χ1v) is 8.89. The number of hydrogen-bond acceptors (Lipinski definition) is 2. The Bertz CT molecular complexity index is 742. The molecule has 2 rings (SSSR count). The molecule has 0 aliphatic rings. The zero-order chi connectivity index (χ0) is 18.3. The molecule has 2 aromatic carbocycles. The molecule has 24 heavy (non-hydrogen) atoms. The zero-order valence-corrected chi connectivity index (χ0v) is 16.8. The summed E-state index contributed by atoms with van der Waals surface area (Å²) in [5.74, 6) is 0.257. The van der Waals surface area contributed by atoms with E-state index in [-0.39, 0.29) is 16.6 Å². The molecule has 0 radical (unpaired) electrons. The highest BCUT2D eigenvalue weighted by Gasteiger charge is 2.28. The molecule has 2 nitrogen and oxygen atoms in total. The maximum Gasteiger partial charge on any atom is 0.193 e. The Morgan fingerprint density at radius 1 is 0.875 bits per heavy atom. The molecule has 0 bridgehead atoms. The minimum absolute atomic E-state index is 0.0349. The van der Waals surface area contributed by atoms with Crippen molar-refractivity contribution in [3.05, 3.63) is 63.1 Å². The molecule has 3 heteroatoms. The maximum absolute atomic E-state index is 13.0. The van der Waals surface area contributed by atoms with Crippen LogP contribution in [-0.2, 0) is 10.8 Å². The van der Waals surface area contributed by atoms with Gasteiger partial charge in [0.1, 0.15) is 5.75 Å². The summed E-state index contributed by atoms with van der Waals surface area (Å²) in [6.45, 7) is 12.3. The lowest BCUT2D eigenvalue weighted by Gasteiger charge is -2.28. The van der Waals surface area contributed by atoms with Crippen molar-refractivity contribution < 1.29 is 9.90 Å². The number of aromatic hydroxyl groups is 1. The number of carbonyl (C=O) groups excluding carboxylic acids is 1. The van der Waals surface area contributed by atoms with Gasteiger partial charge in [-0.3, -0.25) is 4.79 Å². The average molecular weight is 389 g/mol. The predicted molar refractivity (Wildman–Crippen MR) is 103 cm³/mol. The molecule has 0 aromatic heterocycles. The van der Waals surface area contributed by atoms with Crippen LogP contribution in [0.15, 0.2) is 40.9 Å². The van der Waals surface area contributed by atoms with Gasteiger partial charge in [-0.25, -0.2) is 0 Å². The largest absolute Gasteiger partial charge is 0.507 e. The van der Waals surface area contributed by atoms with E-state index in [1.807, 2.05) is 77.9 Å². The van der Waals surface area contributed by atoms with Gasteiger partial charge in [0.15, 0.2) is 5.78 Å². The molecule has 0 heterocycles. The second-order valence-electron chi connectivity index (χ2n) is 8.26. The van der Waals surface area contributed by atoms with E-state index in [2.05, 4.69) is 15.9 Å². The number of phenolic OH excluding ortho intramolecular Hbond substituents is 1. The van der Waals surface area contributed by atoms with Gasteiger partial charge in [-0.05, 0) is 35.1 Å². The molecule has 2 aromatic rings. The Labute approximate surface area is 153 Å². The van der Waals surface area contributed by atoms with Crippen molar-refractivity contribution in [2.75, 3.05) is 0 Å². The van der Waals surface area contributed by atoms with Gasteiger partial charge in [-0.1, -0.05) is 69.6 Å². The number of rotatable bonds is 2. The SMILES string of the molecule is CC(C)(C)c1cc(C(=O)c2cccc(Br)c2)cc(C(C)(C)C)c1O. The maximum atomic E-state index is 13.0. The highest BCUT2D eigenvalue weighted by Crippen LogP contribution is 2.40. The third-order valence-corrected chi connectivity index (χ3v) is 4.57. The Kier molecular flexibility index (Phi) is 4.96. The second-order valence-corrected chi connectivity index (χ2v) is 9.18. The van der Waals surface area contributed by atoms with E-state index in [4.69, 9.17) is 0 Å². The monoisotopic (exact) mass is 388 g/mol. The summed E-state index contributed by atoms with van der Waals surface area (Å²) >= 11 is 3.41. The molecule has 0 amide bonds. The first kappa shape index (κ1) is 18.7. The summed E-state index contributed by atoms with van der Waals surface area (Å²) in [6, 6.07) is 11.0. The molecule has 0 saturated carbocycles. The molecule has 0 saturated heterocycles. The van der Waals surface area contributed by atoms with Gasteiger partial charge < -0.3 is 5.11 Å². The van der Waals surface area contributed by atoms with E-state index in [0.29, 0.717) is 16.9 Å². The summed E-state index contributed by atoms with van der Waals surface area (Å²) in [4.78, 5) is 13.0. The summed E-state index contributed by atoms with van der Waals surface area (Å²) < 4.78 is 0.874. The highest BCUT2D eigenvalue weighted by molar-refractivity contribution is 9.10. The smallest absolute Gasteiger partial charge is 0.193 e. The van der Waals surface area contributed by atoms with Crippen LogP contribution in [0, 0.1) is 0 Å².